The van der Waals surface area contributed by atoms with Crippen LogP contribution in [0.25, 0.3) is 0 Å². The fourth-order valence-corrected chi connectivity index (χ4v) is 5.05. The Bertz CT molecular complexity index is 1140. The number of benzene rings is 2. The highest BCUT2D eigenvalue weighted by atomic mass is 16.2. The summed E-state index contributed by atoms with van der Waals surface area (Å²) in [4.78, 5) is 37.4. The molecule has 3 heterocycles. The predicted molar refractivity (Wildman–Crippen MR) is 113 cm³/mol. The molecule has 2 amide bonds. The zero-order chi connectivity index (χ0) is 20.9. The van der Waals surface area contributed by atoms with Gasteiger partial charge in [-0.2, -0.15) is 0 Å². The van der Waals surface area contributed by atoms with Gasteiger partial charge in [-0.1, -0.05) is 48.5 Å². The number of anilines is 1. The third-order valence-corrected chi connectivity index (χ3v) is 6.40. The van der Waals surface area contributed by atoms with Gasteiger partial charge in [-0.3, -0.25) is 9.59 Å². The van der Waals surface area contributed by atoms with Crippen LogP contribution in [0.5, 0.6) is 0 Å². The fraction of sp³-hybridized carbons (Fsp3) is 0.250. The summed E-state index contributed by atoms with van der Waals surface area (Å²) in [5, 5.41) is 3.05. The van der Waals surface area contributed by atoms with Crippen LogP contribution in [0.3, 0.4) is 0 Å². The van der Waals surface area contributed by atoms with Crippen molar-refractivity contribution in [3.05, 3.63) is 89.0 Å². The Morgan fingerprint density at radius 1 is 1.03 bits per heavy atom. The predicted octanol–water partition coefficient (Wildman–Crippen LogP) is 3.57. The van der Waals surface area contributed by atoms with Crippen LogP contribution in [-0.2, 0) is 10.2 Å². The van der Waals surface area contributed by atoms with Crippen LogP contribution in [-0.4, -0.2) is 33.2 Å². The second-order valence-corrected chi connectivity index (χ2v) is 7.95. The van der Waals surface area contributed by atoms with E-state index in [0.29, 0.717) is 29.9 Å². The maximum atomic E-state index is 13.7. The number of rotatable bonds is 2. The first-order valence-corrected chi connectivity index (χ1v) is 10.1. The quantitative estimate of drug-likeness (QED) is 0.716. The van der Waals surface area contributed by atoms with E-state index in [2.05, 4.69) is 15.3 Å². The average molecular weight is 398 g/mol. The molecule has 1 N–H and O–H groups in total. The highest BCUT2D eigenvalue weighted by molar-refractivity contribution is 6.08. The molecule has 3 aromatic rings. The molecule has 6 heteroatoms. The molecule has 1 aromatic heterocycles. The van der Waals surface area contributed by atoms with Gasteiger partial charge in [0.05, 0.1) is 23.0 Å². The number of carbonyl (C=O) groups is 2. The third-order valence-electron chi connectivity index (χ3n) is 6.40. The Morgan fingerprint density at radius 3 is 2.43 bits per heavy atom. The number of fused-ring (bicyclic) bond motifs is 2. The molecule has 2 aromatic carbocycles. The number of aryl methyl sites for hydroxylation is 2. The molecule has 1 spiro atoms. The van der Waals surface area contributed by atoms with Crippen molar-refractivity contribution in [2.24, 2.45) is 0 Å². The van der Waals surface area contributed by atoms with Crippen molar-refractivity contribution in [3.63, 3.8) is 0 Å². The molecule has 0 saturated carbocycles. The largest absolute Gasteiger partial charge is 0.330 e. The number of carbonyl (C=O) groups excluding carboxylic acids is 2. The van der Waals surface area contributed by atoms with E-state index < -0.39 is 11.5 Å². The zero-order valence-electron chi connectivity index (χ0n) is 16.9. The van der Waals surface area contributed by atoms with E-state index >= 15 is 0 Å². The summed E-state index contributed by atoms with van der Waals surface area (Å²) in [5.74, 6) is -0.181. The number of amides is 2. The van der Waals surface area contributed by atoms with Crippen LogP contribution < -0.4 is 5.32 Å². The smallest absolute Gasteiger partial charge is 0.258 e. The molecule has 6 nitrogen and oxygen atoms in total. The Morgan fingerprint density at radius 2 is 1.70 bits per heavy atom. The monoisotopic (exact) mass is 398 g/mol. The van der Waals surface area contributed by atoms with Crippen LogP contribution in [0, 0.1) is 13.8 Å². The van der Waals surface area contributed by atoms with Gasteiger partial charge in [0.1, 0.15) is 11.7 Å². The summed E-state index contributed by atoms with van der Waals surface area (Å²) < 4.78 is 0. The molecule has 2 atom stereocenters. The summed E-state index contributed by atoms with van der Waals surface area (Å²) in [5.41, 5.74) is 3.73. The number of hydrogen-bond acceptors (Lipinski definition) is 4. The van der Waals surface area contributed by atoms with Crippen molar-refractivity contribution in [1.82, 2.24) is 14.9 Å². The molecule has 1 saturated heterocycles. The lowest BCUT2D eigenvalue weighted by Crippen LogP contribution is -2.43. The lowest BCUT2D eigenvalue weighted by Gasteiger charge is -2.34. The van der Waals surface area contributed by atoms with Crippen molar-refractivity contribution in [2.75, 3.05) is 11.9 Å². The van der Waals surface area contributed by atoms with E-state index in [1.54, 1.807) is 0 Å². The molecule has 30 heavy (non-hydrogen) atoms. The third kappa shape index (κ3) is 2.49. The van der Waals surface area contributed by atoms with Crippen LogP contribution in [0.4, 0.5) is 5.69 Å². The normalized spacial score (nSPS) is 22.3. The highest BCUT2D eigenvalue weighted by Gasteiger charge is 2.59. The van der Waals surface area contributed by atoms with Gasteiger partial charge in [-0.05, 0) is 37.5 Å². The van der Waals surface area contributed by atoms with Crippen LogP contribution >= 0.6 is 0 Å². The van der Waals surface area contributed by atoms with E-state index in [9.17, 15) is 9.59 Å². The van der Waals surface area contributed by atoms with Crippen molar-refractivity contribution in [1.29, 1.82) is 0 Å². The number of aromatic nitrogens is 2. The molecule has 0 aliphatic carbocycles. The van der Waals surface area contributed by atoms with Gasteiger partial charge in [0.25, 0.3) is 5.91 Å². The molecule has 2 aliphatic heterocycles. The van der Waals surface area contributed by atoms with Crippen molar-refractivity contribution in [2.45, 2.75) is 31.7 Å². The number of hydrogen-bond donors (Lipinski definition) is 1. The summed E-state index contributed by atoms with van der Waals surface area (Å²) in [6, 6.07) is 17.2. The van der Waals surface area contributed by atoms with Gasteiger partial charge in [0, 0.05) is 12.2 Å². The topological polar surface area (TPSA) is 75.2 Å². The van der Waals surface area contributed by atoms with Gasteiger partial charge in [0.2, 0.25) is 5.91 Å². The molecular weight excluding hydrogens is 376 g/mol. The zero-order valence-corrected chi connectivity index (χ0v) is 16.9. The standard InChI is InChI=1S/C24H22N4O2/c1-15-20(16(2)26-14-25-15)22(29)28-13-12-24(21(28)17-8-4-3-5-9-17)18-10-6-7-11-19(18)27-23(24)30/h3-11,14,21H,12-13H2,1-2H3,(H,27,30). The molecule has 2 unspecified atom stereocenters. The van der Waals surface area contributed by atoms with Crippen molar-refractivity contribution in [3.8, 4) is 0 Å². The number of likely N-dealkylation sites (tertiary alicyclic amines) is 1. The second-order valence-electron chi connectivity index (χ2n) is 7.95. The van der Waals surface area contributed by atoms with E-state index in [1.807, 2.05) is 73.3 Å². The fourth-order valence-electron chi connectivity index (χ4n) is 5.05. The molecule has 2 aliphatic rings. The van der Waals surface area contributed by atoms with Gasteiger partial charge < -0.3 is 10.2 Å². The molecule has 5 rings (SSSR count). The molecule has 1 fully saturated rings. The minimum Gasteiger partial charge on any atom is -0.330 e. The lowest BCUT2D eigenvalue weighted by atomic mass is 9.72. The van der Waals surface area contributed by atoms with Gasteiger partial charge in [0.15, 0.2) is 0 Å². The van der Waals surface area contributed by atoms with E-state index in [4.69, 9.17) is 0 Å². The van der Waals surface area contributed by atoms with E-state index in [0.717, 1.165) is 16.8 Å². The van der Waals surface area contributed by atoms with E-state index in [1.165, 1.54) is 6.33 Å². The SMILES string of the molecule is Cc1ncnc(C)c1C(=O)N1CCC2(C(=O)Nc3ccccc32)C1c1ccccc1. The number of para-hydroxylation sites is 1. The maximum absolute atomic E-state index is 13.7. The molecule has 0 radical (unpaired) electrons. The summed E-state index contributed by atoms with van der Waals surface area (Å²) in [6.45, 7) is 4.12. The number of nitrogens with zero attached hydrogens (tertiary/aromatic N) is 3. The van der Waals surface area contributed by atoms with Gasteiger partial charge in [-0.15, -0.1) is 0 Å². The Kier molecular flexibility index (Phi) is 4.17. The second kappa shape index (κ2) is 6.76. The molecule has 150 valence electrons. The Balaban J connectivity index is 1.69. The first-order chi connectivity index (χ1) is 14.5. The first kappa shape index (κ1) is 18.5. The molecular formula is C24H22N4O2. The van der Waals surface area contributed by atoms with Gasteiger partial charge >= 0.3 is 0 Å². The first-order valence-electron chi connectivity index (χ1n) is 10.1. The van der Waals surface area contributed by atoms with Crippen LogP contribution in [0.15, 0.2) is 60.9 Å². The minimum atomic E-state index is -0.814. The number of nitrogens with one attached hydrogen (secondary N) is 1. The summed E-state index contributed by atoms with van der Waals surface area (Å²) >= 11 is 0. The Labute approximate surface area is 175 Å². The average Bonchev–Trinajstić information content (AvgIpc) is 3.28. The van der Waals surface area contributed by atoms with Crippen molar-refractivity contribution >= 4 is 17.5 Å². The van der Waals surface area contributed by atoms with Gasteiger partial charge in [-0.25, -0.2) is 9.97 Å². The van der Waals surface area contributed by atoms with E-state index in [-0.39, 0.29) is 11.8 Å². The minimum absolute atomic E-state index is 0.0504. The maximum Gasteiger partial charge on any atom is 0.258 e. The summed E-state index contributed by atoms with van der Waals surface area (Å²) in [7, 11) is 0. The lowest BCUT2D eigenvalue weighted by molar-refractivity contribution is -0.121. The highest BCUT2D eigenvalue weighted by Crippen LogP contribution is 2.54. The van der Waals surface area contributed by atoms with Crippen molar-refractivity contribution < 1.29 is 9.59 Å². The Hall–Kier alpha value is -3.54. The van der Waals surface area contributed by atoms with Crippen LogP contribution in [0.1, 0.15) is 45.3 Å². The summed E-state index contributed by atoms with van der Waals surface area (Å²) in [6.07, 6.45) is 2.04. The van der Waals surface area contributed by atoms with Crippen LogP contribution in [0.2, 0.25) is 0 Å². The molecule has 0 bridgehead atoms.